The smallest absolute Gasteiger partial charge is 0.252 e. The number of thiophene rings is 1. The molecule has 1 aromatic carbocycles. The highest BCUT2D eigenvalue weighted by Gasteiger charge is 2.24. The van der Waals surface area contributed by atoms with E-state index in [1.807, 2.05) is 0 Å². The fraction of sp³-hybridized carbons (Fsp3) is 0.267. The Bertz CT molecular complexity index is 701. The van der Waals surface area contributed by atoms with Crippen LogP contribution >= 0.6 is 27.3 Å². The molecular weight excluding hydrogens is 355 g/mol. The monoisotopic (exact) mass is 368 g/mol. The van der Waals surface area contributed by atoms with Gasteiger partial charge in [0.2, 0.25) is 0 Å². The van der Waals surface area contributed by atoms with Gasteiger partial charge < -0.3 is 11.1 Å². The molecule has 0 spiro atoms. The number of aryl methyl sites for hydroxylation is 1. The minimum absolute atomic E-state index is 0.0191. The van der Waals surface area contributed by atoms with Crippen LogP contribution in [-0.2, 0) is 6.42 Å². The number of benzene rings is 1. The first-order valence-corrected chi connectivity index (χ1v) is 8.35. The van der Waals surface area contributed by atoms with Crippen LogP contribution in [-0.4, -0.2) is 5.91 Å². The summed E-state index contributed by atoms with van der Waals surface area (Å²) in [5.74, 6) is -0.770. The zero-order valence-electron chi connectivity index (χ0n) is 11.2. The number of nitrogens with one attached hydrogen (secondary N) is 1. The SMILES string of the molecule is Nc1cc(C(=O)NC2CCCc3sccc32)c(Br)cc1F. The Morgan fingerprint density at radius 2 is 2.29 bits per heavy atom. The van der Waals surface area contributed by atoms with E-state index in [-0.39, 0.29) is 17.6 Å². The predicted octanol–water partition coefficient (Wildman–Crippen LogP) is 4.04. The molecule has 0 saturated heterocycles. The largest absolute Gasteiger partial charge is 0.396 e. The predicted molar refractivity (Wildman–Crippen MR) is 86.0 cm³/mol. The number of fused-ring (bicyclic) bond motifs is 1. The lowest BCUT2D eigenvalue weighted by molar-refractivity contribution is 0.0932. The van der Waals surface area contributed by atoms with Crippen molar-refractivity contribution in [2.45, 2.75) is 25.3 Å². The minimum Gasteiger partial charge on any atom is -0.396 e. The van der Waals surface area contributed by atoms with Crippen LogP contribution in [0.2, 0.25) is 0 Å². The van der Waals surface area contributed by atoms with E-state index >= 15 is 0 Å². The van der Waals surface area contributed by atoms with Gasteiger partial charge in [-0.05, 0) is 64.3 Å². The van der Waals surface area contributed by atoms with E-state index in [2.05, 4.69) is 32.7 Å². The Morgan fingerprint density at radius 1 is 1.48 bits per heavy atom. The number of halogens is 2. The molecule has 1 unspecified atom stereocenters. The van der Waals surface area contributed by atoms with Gasteiger partial charge >= 0.3 is 0 Å². The van der Waals surface area contributed by atoms with Gasteiger partial charge in [-0.15, -0.1) is 11.3 Å². The first-order chi connectivity index (χ1) is 10.1. The second-order valence-electron chi connectivity index (χ2n) is 5.07. The number of carbonyl (C=O) groups is 1. The van der Waals surface area contributed by atoms with Gasteiger partial charge in [-0.2, -0.15) is 0 Å². The molecule has 0 bridgehead atoms. The summed E-state index contributed by atoms with van der Waals surface area (Å²) >= 11 is 4.95. The van der Waals surface area contributed by atoms with Crippen molar-refractivity contribution in [1.82, 2.24) is 5.32 Å². The molecule has 1 aliphatic rings. The molecule has 0 radical (unpaired) electrons. The van der Waals surface area contributed by atoms with E-state index in [1.54, 1.807) is 11.3 Å². The topological polar surface area (TPSA) is 55.1 Å². The number of rotatable bonds is 2. The molecule has 3 nitrogen and oxygen atoms in total. The van der Waals surface area contributed by atoms with Crippen LogP contribution < -0.4 is 11.1 Å². The maximum Gasteiger partial charge on any atom is 0.252 e. The van der Waals surface area contributed by atoms with Crippen molar-refractivity contribution in [1.29, 1.82) is 0 Å². The molecule has 1 aromatic heterocycles. The van der Waals surface area contributed by atoms with Gasteiger partial charge in [-0.1, -0.05) is 0 Å². The van der Waals surface area contributed by atoms with Crippen molar-refractivity contribution in [3.63, 3.8) is 0 Å². The Labute approximate surface area is 134 Å². The molecule has 1 amide bonds. The summed E-state index contributed by atoms with van der Waals surface area (Å²) in [7, 11) is 0. The van der Waals surface area contributed by atoms with Gasteiger partial charge in [0.1, 0.15) is 5.82 Å². The van der Waals surface area contributed by atoms with Gasteiger partial charge in [-0.25, -0.2) is 4.39 Å². The Kier molecular flexibility index (Phi) is 3.99. The van der Waals surface area contributed by atoms with Crippen LogP contribution in [0, 0.1) is 5.82 Å². The fourth-order valence-electron chi connectivity index (χ4n) is 2.61. The van der Waals surface area contributed by atoms with E-state index in [1.165, 1.54) is 22.6 Å². The summed E-state index contributed by atoms with van der Waals surface area (Å²) in [4.78, 5) is 13.8. The van der Waals surface area contributed by atoms with E-state index in [0.717, 1.165) is 19.3 Å². The highest BCUT2D eigenvalue weighted by molar-refractivity contribution is 9.10. The highest BCUT2D eigenvalue weighted by atomic mass is 79.9. The summed E-state index contributed by atoms with van der Waals surface area (Å²) in [5.41, 5.74) is 7.08. The van der Waals surface area contributed by atoms with E-state index < -0.39 is 5.82 Å². The van der Waals surface area contributed by atoms with E-state index in [0.29, 0.717) is 10.0 Å². The maximum absolute atomic E-state index is 13.4. The molecule has 21 heavy (non-hydrogen) atoms. The van der Waals surface area contributed by atoms with Crippen molar-refractivity contribution in [3.05, 3.63) is 49.9 Å². The first kappa shape index (κ1) is 14.5. The zero-order valence-corrected chi connectivity index (χ0v) is 13.6. The molecular formula is C15H14BrFN2OS. The van der Waals surface area contributed by atoms with Crippen molar-refractivity contribution >= 4 is 38.9 Å². The summed E-state index contributed by atoms with van der Waals surface area (Å²) in [6, 6.07) is 4.68. The van der Waals surface area contributed by atoms with Gasteiger partial charge in [0.15, 0.2) is 0 Å². The summed E-state index contributed by atoms with van der Waals surface area (Å²) in [6.45, 7) is 0. The normalized spacial score (nSPS) is 17.3. The van der Waals surface area contributed by atoms with Crippen molar-refractivity contribution in [2.75, 3.05) is 5.73 Å². The molecule has 1 aliphatic carbocycles. The van der Waals surface area contributed by atoms with Gasteiger partial charge in [0.25, 0.3) is 5.91 Å². The number of nitrogen functional groups attached to an aromatic ring is 1. The standard InChI is InChI=1S/C15H14BrFN2OS/c16-10-7-11(17)12(18)6-9(10)15(20)19-13-2-1-3-14-8(13)4-5-21-14/h4-7,13H,1-3,18H2,(H,19,20). The summed E-state index contributed by atoms with van der Waals surface area (Å²) < 4.78 is 13.8. The molecule has 3 N–H and O–H groups in total. The number of nitrogens with two attached hydrogens (primary N) is 1. The van der Waals surface area contributed by atoms with Gasteiger partial charge in [0, 0.05) is 9.35 Å². The van der Waals surface area contributed by atoms with Gasteiger partial charge in [0.05, 0.1) is 17.3 Å². The van der Waals surface area contributed by atoms with Crippen molar-refractivity contribution in [2.24, 2.45) is 0 Å². The number of amides is 1. The molecule has 3 rings (SSSR count). The molecule has 0 fully saturated rings. The average Bonchev–Trinajstić information content (AvgIpc) is 2.92. The van der Waals surface area contributed by atoms with Crippen LogP contribution in [0.25, 0.3) is 0 Å². The lowest BCUT2D eigenvalue weighted by atomic mass is 9.94. The maximum atomic E-state index is 13.4. The molecule has 1 heterocycles. The van der Waals surface area contributed by atoms with Crippen molar-refractivity contribution < 1.29 is 9.18 Å². The molecule has 1 atom stereocenters. The fourth-order valence-corrected chi connectivity index (χ4v) is 4.10. The van der Waals surface area contributed by atoms with Crippen LogP contribution in [0.5, 0.6) is 0 Å². The third-order valence-corrected chi connectivity index (χ3v) is 5.34. The highest BCUT2D eigenvalue weighted by Crippen LogP contribution is 2.33. The summed E-state index contributed by atoms with van der Waals surface area (Å²) in [5, 5.41) is 5.08. The Balaban J connectivity index is 1.84. The molecule has 0 saturated carbocycles. The third-order valence-electron chi connectivity index (χ3n) is 3.69. The third kappa shape index (κ3) is 2.82. The Hall–Kier alpha value is -1.40. The zero-order chi connectivity index (χ0) is 15.0. The second kappa shape index (κ2) is 5.77. The van der Waals surface area contributed by atoms with E-state index in [9.17, 15) is 9.18 Å². The van der Waals surface area contributed by atoms with Crippen LogP contribution in [0.3, 0.4) is 0 Å². The van der Waals surface area contributed by atoms with Crippen molar-refractivity contribution in [3.8, 4) is 0 Å². The molecule has 6 heteroatoms. The first-order valence-electron chi connectivity index (χ1n) is 6.68. The number of anilines is 1. The number of carbonyl (C=O) groups excluding carboxylic acids is 1. The Morgan fingerprint density at radius 3 is 3.10 bits per heavy atom. The number of hydrogen-bond donors (Lipinski definition) is 2. The summed E-state index contributed by atoms with van der Waals surface area (Å²) in [6.07, 6.45) is 3.06. The van der Waals surface area contributed by atoms with Crippen LogP contribution in [0.4, 0.5) is 10.1 Å². The average molecular weight is 369 g/mol. The lowest BCUT2D eigenvalue weighted by Gasteiger charge is -2.24. The minimum atomic E-state index is -0.531. The quantitative estimate of drug-likeness (QED) is 0.785. The molecule has 110 valence electrons. The second-order valence-corrected chi connectivity index (χ2v) is 6.93. The molecule has 0 aliphatic heterocycles. The van der Waals surface area contributed by atoms with Crippen LogP contribution in [0.15, 0.2) is 28.1 Å². The molecule has 2 aromatic rings. The van der Waals surface area contributed by atoms with Gasteiger partial charge in [-0.3, -0.25) is 4.79 Å². The van der Waals surface area contributed by atoms with Crippen LogP contribution in [0.1, 0.15) is 39.7 Å². The lowest BCUT2D eigenvalue weighted by Crippen LogP contribution is -2.30. The number of hydrogen-bond acceptors (Lipinski definition) is 3. The van der Waals surface area contributed by atoms with E-state index in [4.69, 9.17) is 5.73 Å².